The Balaban J connectivity index is 2.03. The van der Waals surface area contributed by atoms with Gasteiger partial charge in [0.2, 0.25) is 0 Å². The van der Waals surface area contributed by atoms with E-state index in [-0.39, 0.29) is 0 Å². The first-order chi connectivity index (χ1) is 6.95. The number of benzene rings is 1. The third-order valence-electron chi connectivity index (χ3n) is 2.04. The molecule has 0 amide bonds. The van der Waals surface area contributed by atoms with E-state index >= 15 is 0 Å². The molecule has 0 radical (unpaired) electrons. The van der Waals surface area contributed by atoms with Crippen LogP contribution in [-0.2, 0) is 0 Å². The standard InChI is InChI=1S/C12H13NS/c1-2-5-11(6-3-1)7-8-12-13-9-4-10-14-12/h1-3,5-8H,4,9-10H2. The van der Waals surface area contributed by atoms with Gasteiger partial charge >= 0.3 is 0 Å². The summed E-state index contributed by atoms with van der Waals surface area (Å²) in [6.07, 6.45) is 5.45. The summed E-state index contributed by atoms with van der Waals surface area (Å²) in [4.78, 5) is 4.44. The maximum atomic E-state index is 4.44. The summed E-state index contributed by atoms with van der Waals surface area (Å²) in [5.41, 5.74) is 1.24. The highest BCUT2D eigenvalue weighted by Crippen LogP contribution is 2.14. The topological polar surface area (TPSA) is 12.4 Å². The van der Waals surface area contributed by atoms with Crippen LogP contribution in [0.1, 0.15) is 12.0 Å². The average Bonchev–Trinajstić information content (AvgIpc) is 2.29. The minimum atomic E-state index is 0.988. The van der Waals surface area contributed by atoms with Gasteiger partial charge in [-0.1, -0.05) is 36.4 Å². The second-order valence-electron chi connectivity index (χ2n) is 3.17. The molecule has 0 saturated heterocycles. The monoisotopic (exact) mass is 203 g/mol. The molecule has 0 unspecified atom stereocenters. The van der Waals surface area contributed by atoms with Gasteiger partial charge in [-0.2, -0.15) is 0 Å². The van der Waals surface area contributed by atoms with Crippen molar-refractivity contribution in [1.82, 2.24) is 0 Å². The molecule has 0 bridgehead atoms. The third-order valence-corrected chi connectivity index (χ3v) is 3.09. The number of aliphatic imine (C=N–C) groups is 1. The highest BCUT2D eigenvalue weighted by atomic mass is 32.2. The number of hydrogen-bond donors (Lipinski definition) is 0. The quantitative estimate of drug-likeness (QED) is 0.718. The van der Waals surface area contributed by atoms with Gasteiger partial charge in [-0.25, -0.2) is 0 Å². The molecular formula is C12H13NS. The van der Waals surface area contributed by atoms with Crippen LogP contribution in [0.15, 0.2) is 41.4 Å². The van der Waals surface area contributed by atoms with Crippen molar-refractivity contribution in [2.75, 3.05) is 12.3 Å². The molecule has 2 rings (SSSR count). The number of thioether (sulfide) groups is 1. The van der Waals surface area contributed by atoms with Crippen molar-refractivity contribution in [3.8, 4) is 0 Å². The minimum Gasteiger partial charge on any atom is -0.278 e. The Bertz CT molecular complexity index is 341. The Labute approximate surface area is 88.9 Å². The highest BCUT2D eigenvalue weighted by molar-refractivity contribution is 8.14. The van der Waals surface area contributed by atoms with E-state index in [1.807, 2.05) is 17.8 Å². The molecule has 14 heavy (non-hydrogen) atoms. The fourth-order valence-electron chi connectivity index (χ4n) is 1.31. The Kier molecular flexibility index (Phi) is 3.41. The molecule has 0 aromatic heterocycles. The summed E-state index contributed by atoms with van der Waals surface area (Å²) >= 11 is 1.85. The maximum Gasteiger partial charge on any atom is 0.0904 e. The maximum absolute atomic E-state index is 4.44. The summed E-state index contributed by atoms with van der Waals surface area (Å²) in [6.45, 7) is 0.988. The van der Waals surface area contributed by atoms with E-state index in [4.69, 9.17) is 0 Å². The average molecular weight is 203 g/mol. The van der Waals surface area contributed by atoms with Gasteiger partial charge in [0.1, 0.15) is 0 Å². The van der Waals surface area contributed by atoms with E-state index in [0.717, 1.165) is 6.54 Å². The molecule has 1 aromatic carbocycles. The molecule has 1 aliphatic rings. The van der Waals surface area contributed by atoms with Crippen molar-refractivity contribution in [3.63, 3.8) is 0 Å². The van der Waals surface area contributed by atoms with E-state index in [1.54, 1.807) is 0 Å². The summed E-state index contributed by atoms with van der Waals surface area (Å²) < 4.78 is 0. The third kappa shape index (κ3) is 2.74. The fourth-order valence-corrected chi connectivity index (χ4v) is 2.14. The van der Waals surface area contributed by atoms with Gasteiger partial charge in [-0.15, -0.1) is 11.8 Å². The van der Waals surface area contributed by atoms with Crippen molar-refractivity contribution in [1.29, 1.82) is 0 Å². The molecule has 0 N–H and O–H groups in total. The summed E-state index contributed by atoms with van der Waals surface area (Å²) in [6, 6.07) is 10.3. The molecular weight excluding hydrogens is 190 g/mol. The lowest BCUT2D eigenvalue weighted by molar-refractivity contribution is 0.940. The van der Waals surface area contributed by atoms with Crippen molar-refractivity contribution < 1.29 is 0 Å². The first-order valence-corrected chi connectivity index (χ1v) is 5.84. The normalized spacial score (nSPS) is 17.0. The predicted molar refractivity (Wildman–Crippen MR) is 64.9 cm³/mol. The van der Waals surface area contributed by atoms with Crippen LogP contribution >= 0.6 is 11.8 Å². The lowest BCUT2D eigenvalue weighted by atomic mass is 10.2. The molecule has 0 aliphatic carbocycles. The lowest BCUT2D eigenvalue weighted by Crippen LogP contribution is -1.99. The van der Waals surface area contributed by atoms with Gasteiger partial charge in [0.15, 0.2) is 0 Å². The molecule has 1 aromatic rings. The molecule has 0 spiro atoms. The van der Waals surface area contributed by atoms with Crippen LogP contribution in [0, 0.1) is 0 Å². The summed E-state index contributed by atoms with van der Waals surface area (Å²) in [7, 11) is 0. The first kappa shape index (κ1) is 9.53. The van der Waals surface area contributed by atoms with Crippen LogP contribution in [0.3, 0.4) is 0 Å². The van der Waals surface area contributed by atoms with Gasteiger partial charge in [0.05, 0.1) is 5.04 Å². The largest absolute Gasteiger partial charge is 0.278 e. The molecule has 0 saturated carbocycles. The fraction of sp³-hybridized carbons (Fsp3) is 0.250. The van der Waals surface area contributed by atoms with Crippen molar-refractivity contribution in [2.24, 2.45) is 4.99 Å². The van der Waals surface area contributed by atoms with Crippen LogP contribution in [0.5, 0.6) is 0 Å². The molecule has 2 heteroatoms. The molecule has 1 aliphatic heterocycles. The SMILES string of the molecule is C(=Cc1ccccc1)C1=NCCCS1. The van der Waals surface area contributed by atoms with Crippen LogP contribution in [0.4, 0.5) is 0 Å². The van der Waals surface area contributed by atoms with Gasteiger partial charge < -0.3 is 0 Å². The van der Waals surface area contributed by atoms with E-state index in [2.05, 4.69) is 41.4 Å². The molecule has 1 heterocycles. The molecule has 1 nitrogen and oxygen atoms in total. The zero-order chi connectivity index (χ0) is 9.64. The second kappa shape index (κ2) is 5.01. The van der Waals surface area contributed by atoms with E-state index in [9.17, 15) is 0 Å². The summed E-state index contributed by atoms with van der Waals surface area (Å²) in [5, 5.41) is 1.17. The van der Waals surface area contributed by atoms with Crippen LogP contribution in [0.25, 0.3) is 6.08 Å². The Morgan fingerprint density at radius 3 is 2.71 bits per heavy atom. The van der Waals surface area contributed by atoms with Crippen molar-refractivity contribution >= 4 is 22.9 Å². The second-order valence-corrected chi connectivity index (χ2v) is 4.28. The number of nitrogens with zero attached hydrogens (tertiary/aromatic N) is 1. The smallest absolute Gasteiger partial charge is 0.0904 e. The van der Waals surface area contributed by atoms with E-state index in [1.165, 1.54) is 22.8 Å². The number of hydrogen-bond acceptors (Lipinski definition) is 2. The van der Waals surface area contributed by atoms with Gasteiger partial charge in [0.25, 0.3) is 0 Å². The van der Waals surface area contributed by atoms with E-state index in [0.29, 0.717) is 0 Å². The molecule has 0 fully saturated rings. The van der Waals surface area contributed by atoms with Crippen LogP contribution < -0.4 is 0 Å². The Morgan fingerprint density at radius 1 is 1.14 bits per heavy atom. The lowest BCUT2D eigenvalue weighted by Gasteiger charge is -2.06. The van der Waals surface area contributed by atoms with Crippen molar-refractivity contribution in [2.45, 2.75) is 6.42 Å². The molecule has 0 atom stereocenters. The van der Waals surface area contributed by atoms with Gasteiger partial charge in [0, 0.05) is 12.3 Å². The predicted octanol–water partition coefficient (Wildman–Crippen LogP) is 3.24. The van der Waals surface area contributed by atoms with E-state index < -0.39 is 0 Å². The minimum absolute atomic E-state index is 0.988. The van der Waals surface area contributed by atoms with Crippen LogP contribution in [0.2, 0.25) is 0 Å². The van der Waals surface area contributed by atoms with Gasteiger partial charge in [-0.3, -0.25) is 4.99 Å². The Hall–Kier alpha value is -1.02. The van der Waals surface area contributed by atoms with Crippen molar-refractivity contribution in [3.05, 3.63) is 42.0 Å². The summed E-state index contributed by atoms with van der Waals surface area (Å²) in [5.74, 6) is 1.21. The highest BCUT2D eigenvalue weighted by Gasteiger charge is 2.00. The van der Waals surface area contributed by atoms with Gasteiger partial charge in [-0.05, 0) is 18.1 Å². The molecule has 72 valence electrons. The number of rotatable bonds is 2. The zero-order valence-electron chi connectivity index (χ0n) is 8.02. The van der Waals surface area contributed by atoms with Crippen LogP contribution in [-0.4, -0.2) is 17.3 Å². The Morgan fingerprint density at radius 2 is 2.00 bits per heavy atom. The zero-order valence-corrected chi connectivity index (χ0v) is 8.83. The first-order valence-electron chi connectivity index (χ1n) is 4.85.